The third-order valence-electron chi connectivity index (χ3n) is 13.0. The summed E-state index contributed by atoms with van der Waals surface area (Å²) >= 11 is 0. The van der Waals surface area contributed by atoms with Crippen LogP contribution in [0.3, 0.4) is 0 Å². The van der Waals surface area contributed by atoms with Crippen LogP contribution < -0.4 is 10.6 Å². The number of ether oxygens (including phenoxy) is 2. The highest BCUT2D eigenvalue weighted by molar-refractivity contribution is 6.78. The Balaban J connectivity index is 0.913. The topological polar surface area (TPSA) is 215 Å². The number of hydrogen-bond acceptors (Lipinski definition) is 10. The molecule has 68 heavy (non-hydrogen) atoms. The van der Waals surface area contributed by atoms with Crippen LogP contribution in [0.4, 0.5) is 9.59 Å². The molecule has 9 rings (SSSR count). The van der Waals surface area contributed by atoms with E-state index in [0.717, 1.165) is 56.7 Å². The molecule has 4 heterocycles. The molecular formula is C51H54N8O8Si. The van der Waals surface area contributed by atoms with E-state index >= 15 is 0 Å². The number of phenolic OH excluding ortho intramolecular Hbond substituents is 2. The number of amides is 4. The van der Waals surface area contributed by atoms with Gasteiger partial charge >= 0.3 is 12.2 Å². The highest BCUT2D eigenvalue weighted by Crippen LogP contribution is 2.39. The second-order valence-electron chi connectivity index (χ2n) is 18.4. The summed E-state index contributed by atoms with van der Waals surface area (Å²) in [6.45, 7) is 5.00. The quantitative estimate of drug-likeness (QED) is 0.0651. The van der Waals surface area contributed by atoms with Gasteiger partial charge in [0.2, 0.25) is 11.8 Å². The Morgan fingerprint density at radius 1 is 0.735 bits per heavy atom. The van der Waals surface area contributed by atoms with Crippen molar-refractivity contribution in [1.29, 1.82) is 0 Å². The summed E-state index contributed by atoms with van der Waals surface area (Å²) in [5.74, 6) is 1.03. The van der Waals surface area contributed by atoms with Gasteiger partial charge in [0.1, 0.15) is 35.2 Å². The van der Waals surface area contributed by atoms with Crippen LogP contribution >= 0.6 is 0 Å². The molecule has 4 amide bonds. The fraction of sp³-hybridized carbons (Fsp3) is 0.294. The zero-order valence-electron chi connectivity index (χ0n) is 38.3. The number of aromatic nitrogens is 4. The highest BCUT2D eigenvalue weighted by Gasteiger charge is 2.45. The number of phenols is 2. The second-order valence-corrected chi connectivity index (χ2v) is 23.5. The molecule has 2 aliphatic heterocycles. The van der Waals surface area contributed by atoms with Gasteiger partial charge in [-0.3, -0.25) is 9.59 Å². The number of H-pyrrole nitrogens is 2. The third-order valence-corrected chi connectivity index (χ3v) is 15.7. The first-order valence-corrected chi connectivity index (χ1v) is 26.1. The Kier molecular flexibility index (Phi) is 12.7. The van der Waals surface area contributed by atoms with E-state index in [1.165, 1.54) is 14.2 Å². The van der Waals surface area contributed by atoms with Crippen molar-refractivity contribution in [3.05, 3.63) is 132 Å². The molecule has 2 saturated heterocycles. The number of likely N-dealkylation sites (tertiary alicyclic amines) is 1. The minimum atomic E-state index is -1.87. The summed E-state index contributed by atoms with van der Waals surface area (Å²) in [7, 11) is 0.649. The number of alkyl carbamates (subject to hydrolysis) is 2. The van der Waals surface area contributed by atoms with Gasteiger partial charge in [0.25, 0.3) is 0 Å². The monoisotopic (exact) mass is 934 g/mol. The number of nitrogens with one attached hydrogen (secondary N) is 4. The SMILES string of the molecule is COC(=O)N[C@@H](Cc1cccc(O)c1)C(=O)N1C[Si](C)(C)C[C@H]1c1ncc(-c2ccc(-c3ccc4c(ccc5nc([C@@H]6CCCN6C(=O)[C@H](Cc6cccc(O)c6)NC(=O)OC)[nH]c54)c3)cc2)[nH]1. The molecule has 0 aliphatic carbocycles. The van der Waals surface area contributed by atoms with Crippen LogP contribution in [0.25, 0.3) is 44.2 Å². The van der Waals surface area contributed by atoms with Crippen molar-refractivity contribution in [3.8, 4) is 33.9 Å². The fourth-order valence-electron chi connectivity index (χ4n) is 9.76. The van der Waals surface area contributed by atoms with Gasteiger partial charge in [0.05, 0.1) is 57.3 Å². The number of methoxy groups -OCH3 is 2. The number of aromatic hydroxyl groups is 2. The Morgan fingerprint density at radius 3 is 1.99 bits per heavy atom. The molecule has 2 aliphatic rings. The number of fused-ring (bicyclic) bond motifs is 3. The van der Waals surface area contributed by atoms with Gasteiger partial charge < -0.3 is 50.1 Å². The molecular weight excluding hydrogens is 881 g/mol. The van der Waals surface area contributed by atoms with Gasteiger partial charge in [-0.1, -0.05) is 79.8 Å². The van der Waals surface area contributed by atoms with Crippen molar-refractivity contribution in [2.45, 2.75) is 69.0 Å². The number of carbonyl (C=O) groups excluding carboxylic acids is 4. The largest absolute Gasteiger partial charge is 0.508 e. The minimum Gasteiger partial charge on any atom is -0.508 e. The highest BCUT2D eigenvalue weighted by atomic mass is 28.3. The maximum atomic E-state index is 14.3. The normalized spacial score (nSPS) is 17.5. The summed E-state index contributed by atoms with van der Waals surface area (Å²) < 4.78 is 9.73. The van der Waals surface area contributed by atoms with Crippen LogP contribution in [0.5, 0.6) is 11.5 Å². The van der Waals surface area contributed by atoms with Crippen molar-refractivity contribution < 1.29 is 38.9 Å². The van der Waals surface area contributed by atoms with E-state index in [1.54, 1.807) is 53.6 Å². The van der Waals surface area contributed by atoms with Gasteiger partial charge in [0, 0.05) is 30.9 Å². The molecule has 5 aromatic carbocycles. The second kappa shape index (κ2) is 18.9. The molecule has 0 unspecified atom stereocenters. The average molecular weight is 935 g/mol. The van der Waals surface area contributed by atoms with Gasteiger partial charge in [-0.2, -0.15) is 0 Å². The molecule has 2 aromatic heterocycles. The molecule has 17 heteroatoms. The van der Waals surface area contributed by atoms with Crippen LogP contribution in [0.2, 0.25) is 19.1 Å². The minimum absolute atomic E-state index is 0.0764. The molecule has 2 fully saturated rings. The standard InChI is InChI=1S/C51H54N8O8Si/c1-66-50(64)55-40(24-30-8-5-10-36(60)22-30)48(62)58-21-7-12-43(58)47-53-39-20-18-35-26-34(17-19-38(35)45(39)57-47)32-13-15-33(16-14-32)42-27-52-46(54-42)44-28-68(3,4)29-59(44)49(63)41(56-51(65)67-2)25-31-9-6-11-37(61)23-31/h5-6,8-11,13-20,22-23,26-27,40-41,43-44,60-61H,7,12,21,24-25,28-29H2,1-4H3,(H,52,54)(H,53,57)(H,55,64)(H,56,65)/t40-,41-,43-,44-/m0/s1. The molecule has 6 N–H and O–H groups in total. The average Bonchev–Trinajstić information content (AvgIpc) is 4.16. The molecule has 0 radical (unpaired) electrons. The van der Waals surface area contributed by atoms with Gasteiger partial charge in [0.15, 0.2) is 0 Å². The van der Waals surface area contributed by atoms with Crippen LogP contribution in [-0.2, 0) is 31.9 Å². The smallest absolute Gasteiger partial charge is 0.407 e. The summed E-state index contributed by atoms with van der Waals surface area (Å²) in [6, 6.07) is 30.3. The molecule has 350 valence electrons. The van der Waals surface area contributed by atoms with Gasteiger partial charge in [-0.25, -0.2) is 19.6 Å². The molecule has 0 spiro atoms. The van der Waals surface area contributed by atoms with E-state index in [-0.39, 0.29) is 48.2 Å². The number of imidazole rings is 2. The zero-order chi connectivity index (χ0) is 47.7. The van der Waals surface area contributed by atoms with Crippen LogP contribution in [0.15, 0.2) is 109 Å². The summed E-state index contributed by atoms with van der Waals surface area (Å²) in [6.07, 6.45) is 2.82. The van der Waals surface area contributed by atoms with E-state index < -0.39 is 32.3 Å². The molecule has 0 saturated carbocycles. The maximum absolute atomic E-state index is 14.3. The Bertz CT molecular complexity index is 3020. The molecule has 4 atom stereocenters. The lowest BCUT2D eigenvalue weighted by molar-refractivity contribution is -0.135. The first-order chi connectivity index (χ1) is 32.7. The number of carbonyl (C=O) groups is 4. The van der Waals surface area contributed by atoms with Crippen molar-refractivity contribution in [3.63, 3.8) is 0 Å². The fourth-order valence-corrected chi connectivity index (χ4v) is 12.7. The van der Waals surface area contributed by atoms with E-state index in [9.17, 15) is 29.4 Å². The van der Waals surface area contributed by atoms with Crippen molar-refractivity contribution >= 4 is 53.9 Å². The van der Waals surface area contributed by atoms with Crippen molar-refractivity contribution in [2.75, 3.05) is 26.9 Å². The Morgan fingerprint density at radius 2 is 1.35 bits per heavy atom. The third kappa shape index (κ3) is 9.60. The lowest BCUT2D eigenvalue weighted by Crippen LogP contribution is -2.50. The van der Waals surface area contributed by atoms with Crippen molar-refractivity contribution in [1.82, 2.24) is 40.4 Å². The van der Waals surface area contributed by atoms with E-state index in [4.69, 9.17) is 19.4 Å². The van der Waals surface area contributed by atoms with Gasteiger partial charge in [-0.15, -0.1) is 0 Å². The first-order valence-electron chi connectivity index (χ1n) is 22.7. The predicted octanol–water partition coefficient (Wildman–Crippen LogP) is 7.91. The summed E-state index contributed by atoms with van der Waals surface area (Å²) in [5.41, 5.74) is 6.88. The molecule has 16 nitrogen and oxygen atoms in total. The summed E-state index contributed by atoms with van der Waals surface area (Å²) in [4.78, 5) is 73.6. The lowest BCUT2D eigenvalue weighted by atomic mass is 9.99. The van der Waals surface area contributed by atoms with E-state index in [1.807, 2.05) is 29.2 Å². The Hall–Kier alpha value is -7.66. The van der Waals surface area contributed by atoms with E-state index in [2.05, 4.69) is 70.1 Å². The predicted molar refractivity (Wildman–Crippen MR) is 259 cm³/mol. The number of benzene rings is 5. The first kappa shape index (κ1) is 45.5. The maximum Gasteiger partial charge on any atom is 0.407 e. The number of rotatable bonds is 12. The molecule has 7 aromatic rings. The number of hydrogen-bond donors (Lipinski definition) is 6. The Labute approximate surface area is 393 Å². The number of aromatic amines is 2. The van der Waals surface area contributed by atoms with Crippen LogP contribution in [-0.4, -0.2) is 111 Å². The molecule has 0 bridgehead atoms. The zero-order valence-corrected chi connectivity index (χ0v) is 39.3. The van der Waals surface area contributed by atoms with E-state index in [0.29, 0.717) is 41.9 Å². The van der Waals surface area contributed by atoms with Crippen LogP contribution in [0, 0.1) is 0 Å². The van der Waals surface area contributed by atoms with Crippen molar-refractivity contribution in [2.24, 2.45) is 0 Å². The van der Waals surface area contributed by atoms with Gasteiger partial charge in [-0.05, 0) is 88.5 Å². The lowest BCUT2D eigenvalue weighted by Gasteiger charge is -2.29. The van der Waals surface area contributed by atoms with Crippen LogP contribution in [0.1, 0.15) is 47.7 Å². The number of nitrogens with zero attached hydrogens (tertiary/aromatic N) is 4. The summed E-state index contributed by atoms with van der Waals surface area (Å²) in [5, 5.41) is 27.6.